The van der Waals surface area contributed by atoms with Gasteiger partial charge in [-0.1, -0.05) is 12.1 Å². The molecular weight excluding hydrogens is 344 g/mol. The molecule has 134 valence electrons. The standard InChI is InChI=1S/C18H15F2N3O3/c1-12(13-6-8-15(9-7-13)26-18(19)20)22-23-17(24)11-25-16-5-3-2-4-14(16)10-21/h2-9,18H,11H2,1H3,(H,23,24)/b22-12+. The first-order chi connectivity index (χ1) is 12.5. The summed E-state index contributed by atoms with van der Waals surface area (Å²) >= 11 is 0. The van der Waals surface area contributed by atoms with E-state index in [1.165, 1.54) is 12.1 Å². The molecule has 0 aliphatic heterocycles. The molecule has 0 spiro atoms. The Morgan fingerprint density at radius 2 is 1.92 bits per heavy atom. The fourth-order valence-electron chi connectivity index (χ4n) is 1.95. The fourth-order valence-corrected chi connectivity index (χ4v) is 1.95. The number of hydrogen-bond acceptors (Lipinski definition) is 5. The molecule has 2 aromatic rings. The van der Waals surface area contributed by atoms with Crippen molar-refractivity contribution in [3.8, 4) is 17.6 Å². The third-order valence-electron chi connectivity index (χ3n) is 3.21. The second kappa shape index (κ2) is 9.13. The number of ether oxygens (including phenoxy) is 2. The minimum absolute atomic E-state index is 0.0325. The van der Waals surface area contributed by atoms with E-state index >= 15 is 0 Å². The lowest BCUT2D eigenvalue weighted by atomic mass is 10.1. The van der Waals surface area contributed by atoms with Crippen molar-refractivity contribution in [2.45, 2.75) is 13.5 Å². The van der Waals surface area contributed by atoms with Crippen molar-refractivity contribution in [1.29, 1.82) is 5.26 Å². The Labute approximate surface area is 148 Å². The van der Waals surface area contributed by atoms with Crippen LogP contribution in [0, 0.1) is 11.3 Å². The van der Waals surface area contributed by atoms with E-state index in [0.717, 1.165) is 0 Å². The summed E-state index contributed by atoms with van der Waals surface area (Å²) in [5.41, 5.74) is 3.75. The van der Waals surface area contributed by atoms with E-state index in [1.807, 2.05) is 6.07 Å². The molecule has 8 heteroatoms. The number of nitriles is 1. The Morgan fingerprint density at radius 1 is 1.23 bits per heavy atom. The molecule has 6 nitrogen and oxygen atoms in total. The maximum absolute atomic E-state index is 12.1. The summed E-state index contributed by atoms with van der Waals surface area (Å²) < 4.78 is 33.8. The van der Waals surface area contributed by atoms with Crippen LogP contribution < -0.4 is 14.9 Å². The van der Waals surface area contributed by atoms with Gasteiger partial charge < -0.3 is 9.47 Å². The fraction of sp³-hybridized carbons (Fsp3) is 0.167. The van der Waals surface area contributed by atoms with Crippen LogP contribution in [0.4, 0.5) is 8.78 Å². The number of nitrogens with zero attached hydrogens (tertiary/aromatic N) is 2. The molecular formula is C18H15F2N3O3. The first-order valence-electron chi connectivity index (χ1n) is 7.50. The van der Waals surface area contributed by atoms with Crippen LogP contribution in [0.5, 0.6) is 11.5 Å². The highest BCUT2D eigenvalue weighted by atomic mass is 19.3. The van der Waals surface area contributed by atoms with Gasteiger partial charge >= 0.3 is 6.61 Å². The SMILES string of the molecule is C/C(=N\NC(=O)COc1ccccc1C#N)c1ccc(OC(F)F)cc1. The largest absolute Gasteiger partial charge is 0.482 e. The van der Waals surface area contributed by atoms with Gasteiger partial charge in [-0.15, -0.1) is 0 Å². The summed E-state index contributed by atoms with van der Waals surface area (Å²) in [6.45, 7) is -1.55. The highest BCUT2D eigenvalue weighted by molar-refractivity contribution is 5.99. The van der Waals surface area contributed by atoms with Crippen LogP contribution in [0.2, 0.25) is 0 Å². The molecule has 0 saturated heterocycles. The van der Waals surface area contributed by atoms with E-state index in [-0.39, 0.29) is 12.4 Å². The molecule has 0 aromatic heterocycles. The van der Waals surface area contributed by atoms with Crippen LogP contribution in [0.3, 0.4) is 0 Å². The van der Waals surface area contributed by atoms with E-state index in [0.29, 0.717) is 22.6 Å². The second-order valence-corrected chi connectivity index (χ2v) is 5.03. The van der Waals surface area contributed by atoms with Gasteiger partial charge in [-0.2, -0.15) is 19.1 Å². The molecule has 0 bridgehead atoms. The van der Waals surface area contributed by atoms with Crippen molar-refractivity contribution in [2.75, 3.05) is 6.61 Å². The zero-order chi connectivity index (χ0) is 18.9. The van der Waals surface area contributed by atoms with E-state index in [2.05, 4.69) is 15.3 Å². The number of hydrazone groups is 1. The lowest BCUT2D eigenvalue weighted by Gasteiger charge is -2.07. The lowest BCUT2D eigenvalue weighted by Crippen LogP contribution is -2.25. The van der Waals surface area contributed by atoms with Crippen molar-refractivity contribution in [3.05, 3.63) is 59.7 Å². The van der Waals surface area contributed by atoms with Crippen LogP contribution >= 0.6 is 0 Å². The number of rotatable bonds is 7. The summed E-state index contributed by atoms with van der Waals surface area (Å²) in [7, 11) is 0. The number of nitrogens with one attached hydrogen (secondary N) is 1. The minimum Gasteiger partial charge on any atom is -0.482 e. The molecule has 2 aromatic carbocycles. The molecule has 1 N–H and O–H groups in total. The summed E-state index contributed by atoms with van der Waals surface area (Å²) in [5, 5.41) is 12.9. The summed E-state index contributed by atoms with van der Waals surface area (Å²) in [6.07, 6.45) is 0. The predicted molar refractivity (Wildman–Crippen MR) is 90.1 cm³/mol. The van der Waals surface area contributed by atoms with Gasteiger partial charge in [0, 0.05) is 0 Å². The van der Waals surface area contributed by atoms with Crippen LogP contribution in [0.25, 0.3) is 0 Å². The number of carbonyl (C=O) groups excluding carboxylic acids is 1. The molecule has 0 unspecified atom stereocenters. The van der Waals surface area contributed by atoms with Gasteiger partial charge in [-0.05, 0) is 48.9 Å². The molecule has 0 aliphatic carbocycles. The Kier molecular flexibility index (Phi) is 6.62. The zero-order valence-electron chi connectivity index (χ0n) is 13.8. The van der Waals surface area contributed by atoms with Crippen LogP contribution in [-0.2, 0) is 4.79 Å². The van der Waals surface area contributed by atoms with E-state index in [9.17, 15) is 13.6 Å². The quantitative estimate of drug-likeness (QED) is 0.608. The molecule has 1 amide bonds. The smallest absolute Gasteiger partial charge is 0.387 e. The van der Waals surface area contributed by atoms with Crippen molar-refractivity contribution < 1.29 is 23.0 Å². The number of halogens is 2. The summed E-state index contributed by atoms with van der Waals surface area (Å²) in [5.74, 6) is -0.166. The van der Waals surface area contributed by atoms with Gasteiger partial charge in [-0.25, -0.2) is 5.43 Å². The topological polar surface area (TPSA) is 83.7 Å². The third kappa shape index (κ3) is 5.56. The van der Waals surface area contributed by atoms with Crippen molar-refractivity contribution >= 4 is 11.6 Å². The highest BCUT2D eigenvalue weighted by Crippen LogP contribution is 2.16. The maximum Gasteiger partial charge on any atom is 0.387 e. The average Bonchev–Trinajstić information content (AvgIpc) is 2.64. The molecule has 0 aliphatic rings. The van der Waals surface area contributed by atoms with E-state index < -0.39 is 12.5 Å². The van der Waals surface area contributed by atoms with Crippen molar-refractivity contribution in [1.82, 2.24) is 5.43 Å². The number of amides is 1. The summed E-state index contributed by atoms with van der Waals surface area (Å²) in [6, 6.07) is 14.4. The van der Waals surface area contributed by atoms with E-state index in [1.54, 1.807) is 43.3 Å². The first kappa shape index (κ1) is 18.9. The van der Waals surface area contributed by atoms with Crippen LogP contribution in [0.15, 0.2) is 53.6 Å². The molecule has 2 rings (SSSR count). The molecule has 0 fully saturated rings. The Hall–Kier alpha value is -3.47. The number of benzene rings is 2. The Morgan fingerprint density at radius 3 is 2.58 bits per heavy atom. The van der Waals surface area contributed by atoms with Gasteiger partial charge in [0.15, 0.2) is 6.61 Å². The van der Waals surface area contributed by atoms with Gasteiger partial charge in [0.05, 0.1) is 11.3 Å². The summed E-state index contributed by atoms with van der Waals surface area (Å²) in [4.78, 5) is 11.8. The van der Waals surface area contributed by atoms with Crippen molar-refractivity contribution in [2.24, 2.45) is 5.10 Å². The molecule has 0 saturated carbocycles. The van der Waals surface area contributed by atoms with Crippen molar-refractivity contribution in [3.63, 3.8) is 0 Å². The number of alkyl halides is 2. The lowest BCUT2D eigenvalue weighted by molar-refractivity contribution is -0.123. The average molecular weight is 359 g/mol. The maximum atomic E-state index is 12.1. The van der Waals surface area contributed by atoms with E-state index in [4.69, 9.17) is 10.00 Å². The van der Waals surface area contributed by atoms with Gasteiger partial charge in [0.25, 0.3) is 5.91 Å². The molecule has 0 atom stereocenters. The monoisotopic (exact) mass is 359 g/mol. The Balaban J connectivity index is 1.89. The third-order valence-corrected chi connectivity index (χ3v) is 3.21. The zero-order valence-corrected chi connectivity index (χ0v) is 13.8. The second-order valence-electron chi connectivity index (χ2n) is 5.03. The normalized spacial score (nSPS) is 11.0. The Bertz CT molecular complexity index is 830. The molecule has 0 heterocycles. The first-order valence-corrected chi connectivity index (χ1v) is 7.50. The molecule has 0 radical (unpaired) electrons. The highest BCUT2D eigenvalue weighted by Gasteiger charge is 2.07. The van der Waals surface area contributed by atoms with Crippen LogP contribution in [-0.4, -0.2) is 24.8 Å². The van der Waals surface area contributed by atoms with Gasteiger partial charge in [-0.3, -0.25) is 4.79 Å². The number of para-hydroxylation sites is 1. The molecule has 26 heavy (non-hydrogen) atoms. The van der Waals surface area contributed by atoms with Gasteiger partial charge in [0.2, 0.25) is 0 Å². The minimum atomic E-state index is -2.89. The number of carbonyl (C=O) groups is 1. The van der Waals surface area contributed by atoms with Gasteiger partial charge in [0.1, 0.15) is 17.6 Å². The van der Waals surface area contributed by atoms with Crippen LogP contribution in [0.1, 0.15) is 18.1 Å². The predicted octanol–water partition coefficient (Wildman–Crippen LogP) is 3.08. The number of hydrogen-bond donors (Lipinski definition) is 1.